The normalized spacial score (nSPS) is 19.1. The minimum Gasteiger partial charge on any atom is -0.444 e. The minimum absolute atomic E-state index is 0.0424. The van der Waals surface area contributed by atoms with Gasteiger partial charge < -0.3 is 15.0 Å². The number of carbonyl (C=O) groups excluding carboxylic acids is 1. The molecular weight excluding hydrogens is 323 g/mol. The molecule has 0 unspecified atom stereocenters. The number of nitrogens with one attached hydrogen (secondary N) is 1. The first-order chi connectivity index (χ1) is 10.3. The molecule has 0 saturated carbocycles. The Bertz CT molecular complexity index is 543. The Morgan fingerprint density at radius 2 is 2.09 bits per heavy atom. The molecule has 0 aromatic heterocycles. The Morgan fingerprint density at radius 1 is 1.36 bits per heavy atom. The highest BCUT2D eigenvalue weighted by molar-refractivity contribution is 6.42. The van der Waals surface area contributed by atoms with Gasteiger partial charge in [0.1, 0.15) is 5.60 Å². The molecule has 6 heteroatoms. The van der Waals surface area contributed by atoms with Gasteiger partial charge in [0.15, 0.2) is 0 Å². The number of amides is 1. The zero-order chi connectivity index (χ0) is 16.3. The van der Waals surface area contributed by atoms with Crippen LogP contribution in [0.5, 0.6) is 0 Å². The van der Waals surface area contributed by atoms with Crippen molar-refractivity contribution in [2.45, 2.75) is 38.8 Å². The maximum absolute atomic E-state index is 12.4. The summed E-state index contributed by atoms with van der Waals surface area (Å²) in [6.07, 6.45) is 0.447. The van der Waals surface area contributed by atoms with E-state index in [0.29, 0.717) is 23.0 Å². The number of nitrogens with zero attached hydrogens (tertiary/aromatic N) is 1. The summed E-state index contributed by atoms with van der Waals surface area (Å²) in [4.78, 5) is 14.2. The first kappa shape index (κ1) is 17.4. The van der Waals surface area contributed by atoms with Crippen LogP contribution in [0.15, 0.2) is 18.2 Å². The molecule has 1 aliphatic rings. The number of benzene rings is 1. The molecule has 0 spiro atoms. The Morgan fingerprint density at radius 3 is 2.73 bits per heavy atom. The van der Waals surface area contributed by atoms with Gasteiger partial charge in [-0.05, 0) is 44.9 Å². The summed E-state index contributed by atoms with van der Waals surface area (Å²) in [5, 5.41) is 4.39. The van der Waals surface area contributed by atoms with Crippen molar-refractivity contribution in [3.8, 4) is 0 Å². The smallest absolute Gasteiger partial charge is 0.410 e. The fourth-order valence-electron chi connectivity index (χ4n) is 2.44. The number of rotatable bonds is 2. The average Bonchev–Trinajstić information content (AvgIpc) is 2.41. The molecule has 4 nitrogen and oxygen atoms in total. The quantitative estimate of drug-likeness (QED) is 0.888. The van der Waals surface area contributed by atoms with Crippen LogP contribution in [0, 0.1) is 0 Å². The van der Waals surface area contributed by atoms with Crippen LogP contribution in [0.25, 0.3) is 0 Å². The van der Waals surface area contributed by atoms with E-state index in [1.807, 2.05) is 32.9 Å². The molecule has 1 amide bonds. The van der Waals surface area contributed by atoms with E-state index in [2.05, 4.69) is 5.32 Å². The Labute approximate surface area is 141 Å². The lowest BCUT2D eigenvalue weighted by Gasteiger charge is -2.37. The Hall–Kier alpha value is -0.970. The maximum Gasteiger partial charge on any atom is 0.410 e. The topological polar surface area (TPSA) is 41.6 Å². The van der Waals surface area contributed by atoms with E-state index in [1.54, 1.807) is 11.0 Å². The van der Waals surface area contributed by atoms with Crippen molar-refractivity contribution in [3.05, 3.63) is 33.8 Å². The van der Waals surface area contributed by atoms with E-state index >= 15 is 0 Å². The molecule has 1 heterocycles. The molecule has 22 heavy (non-hydrogen) atoms. The number of ether oxygens (including phenoxy) is 1. The van der Waals surface area contributed by atoms with Crippen LogP contribution in [0.3, 0.4) is 0 Å². The van der Waals surface area contributed by atoms with E-state index in [1.165, 1.54) is 0 Å². The SMILES string of the molecule is CC(C)(C)OC(=O)N1CCNC[C@H]1Cc1ccc(Cl)c(Cl)c1. The molecule has 0 aliphatic carbocycles. The summed E-state index contributed by atoms with van der Waals surface area (Å²) in [6.45, 7) is 7.78. The van der Waals surface area contributed by atoms with Crippen LogP contribution in [-0.4, -0.2) is 42.3 Å². The highest BCUT2D eigenvalue weighted by Crippen LogP contribution is 2.24. The first-order valence-electron chi connectivity index (χ1n) is 7.40. The minimum atomic E-state index is -0.490. The second-order valence-electron chi connectivity index (χ2n) is 6.48. The lowest BCUT2D eigenvalue weighted by molar-refractivity contribution is 0.0122. The number of carbonyl (C=O) groups is 1. The molecule has 1 aromatic rings. The average molecular weight is 345 g/mol. The predicted octanol–water partition coefficient (Wildman–Crippen LogP) is 3.74. The van der Waals surface area contributed by atoms with Crippen molar-refractivity contribution < 1.29 is 9.53 Å². The van der Waals surface area contributed by atoms with E-state index in [4.69, 9.17) is 27.9 Å². The third-order valence-corrected chi connectivity index (χ3v) is 4.17. The van der Waals surface area contributed by atoms with Crippen molar-refractivity contribution in [1.82, 2.24) is 10.2 Å². The molecular formula is C16H22Cl2N2O2. The lowest BCUT2D eigenvalue weighted by atomic mass is 10.0. The molecule has 2 rings (SSSR count). The van der Waals surface area contributed by atoms with E-state index < -0.39 is 5.60 Å². The van der Waals surface area contributed by atoms with Gasteiger partial charge in [0.25, 0.3) is 0 Å². The molecule has 0 radical (unpaired) electrons. The van der Waals surface area contributed by atoms with Gasteiger partial charge in [-0.25, -0.2) is 4.79 Å². The number of piperazine rings is 1. The summed E-state index contributed by atoms with van der Waals surface area (Å²) < 4.78 is 5.50. The predicted molar refractivity (Wildman–Crippen MR) is 89.8 cm³/mol. The van der Waals surface area contributed by atoms with E-state index in [-0.39, 0.29) is 12.1 Å². The van der Waals surface area contributed by atoms with Crippen molar-refractivity contribution >= 4 is 29.3 Å². The molecule has 1 atom stereocenters. The number of hydrogen-bond acceptors (Lipinski definition) is 3. The second-order valence-corrected chi connectivity index (χ2v) is 7.30. The maximum atomic E-state index is 12.4. The van der Waals surface area contributed by atoms with Crippen molar-refractivity contribution in [2.24, 2.45) is 0 Å². The second kappa shape index (κ2) is 7.07. The highest BCUT2D eigenvalue weighted by Gasteiger charge is 2.30. The molecule has 1 fully saturated rings. The summed E-state index contributed by atoms with van der Waals surface area (Å²) >= 11 is 12.0. The van der Waals surface area contributed by atoms with E-state index in [0.717, 1.165) is 18.7 Å². The van der Waals surface area contributed by atoms with Gasteiger partial charge in [0.2, 0.25) is 0 Å². The summed E-state index contributed by atoms with van der Waals surface area (Å²) in [5.41, 5.74) is 0.562. The molecule has 1 N–H and O–H groups in total. The van der Waals surface area contributed by atoms with Crippen molar-refractivity contribution in [1.29, 1.82) is 0 Å². The lowest BCUT2D eigenvalue weighted by Crippen LogP contribution is -2.55. The van der Waals surface area contributed by atoms with E-state index in [9.17, 15) is 4.79 Å². The van der Waals surface area contributed by atoms with Crippen LogP contribution in [0.4, 0.5) is 4.79 Å². The van der Waals surface area contributed by atoms with Gasteiger partial charge in [0.05, 0.1) is 16.1 Å². The fourth-order valence-corrected chi connectivity index (χ4v) is 2.76. The third kappa shape index (κ3) is 4.77. The van der Waals surface area contributed by atoms with Crippen molar-refractivity contribution in [3.63, 3.8) is 0 Å². The zero-order valence-corrected chi connectivity index (χ0v) is 14.7. The first-order valence-corrected chi connectivity index (χ1v) is 8.16. The summed E-state index contributed by atoms with van der Waals surface area (Å²) in [7, 11) is 0. The van der Waals surface area contributed by atoms with Gasteiger partial charge in [0, 0.05) is 19.6 Å². The van der Waals surface area contributed by atoms with Crippen LogP contribution >= 0.6 is 23.2 Å². The Balaban J connectivity index is 2.09. The van der Waals surface area contributed by atoms with Crippen LogP contribution < -0.4 is 5.32 Å². The van der Waals surface area contributed by atoms with Gasteiger partial charge in [-0.15, -0.1) is 0 Å². The largest absolute Gasteiger partial charge is 0.444 e. The van der Waals surface area contributed by atoms with Gasteiger partial charge in [-0.2, -0.15) is 0 Å². The van der Waals surface area contributed by atoms with Crippen LogP contribution in [0.1, 0.15) is 26.3 Å². The standard InChI is InChI=1S/C16H22Cl2N2O2/c1-16(2,3)22-15(21)20-7-6-19-10-12(20)8-11-4-5-13(17)14(18)9-11/h4-5,9,12,19H,6-8,10H2,1-3H3/t12-/m1/s1. The van der Waals surface area contributed by atoms with Gasteiger partial charge >= 0.3 is 6.09 Å². The van der Waals surface area contributed by atoms with Crippen LogP contribution in [-0.2, 0) is 11.2 Å². The number of halogens is 2. The molecule has 1 aliphatic heterocycles. The summed E-state index contributed by atoms with van der Waals surface area (Å²) in [6, 6.07) is 5.62. The molecule has 1 aromatic carbocycles. The highest BCUT2D eigenvalue weighted by atomic mass is 35.5. The molecule has 122 valence electrons. The molecule has 0 bridgehead atoms. The fraction of sp³-hybridized carbons (Fsp3) is 0.562. The zero-order valence-electron chi connectivity index (χ0n) is 13.2. The van der Waals surface area contributed by atoms with Crippen molar-refractivity contribution in [2.75, 3.05) is 19.6 Å². The van der Waals surface area contributed by atoms with Crippen LogP contribution in [0.2, 0.25) is 10.0 Å². The summed E-state index contributed by atoms with van der Waals surface area (Å²) in [5.74, 6) is 0. The monoisotopic (exact) mass is 344 g/mol. The van der Waals surface area contributed by atoms with Gasteiger partial charge in [-0.3, -0.25) is 0 Å². The number of hydrogen-bond donors (Lipinski definition) is 1. The molecule has 1 saturated heterocycles. The van der Waals surface area contributed by atoms with Gasteiger partial charge in [-0.1, -0.05) is 29.3 Å². The Kier molecular flexibility index (Phi) is 5.59. The third-order valence-electron chi connectivity index (χ3n) is 3.43.